The molecule has 1 heterocycles. The minimum atomic E-state index is -0.440. The van der Waals surface area contributed by atoms with Gasteiger partial charge in [-0.1, -0.05) is 0 Å². The molecule has 0 amide bonds. The van der Waals surface area contributed by atoms with Crippen molar-refractivity contribution in [2.24, 2.45) is 0 Å². The topological polar surface area (TPSA) is 37.8 Å². The van der Waals surface area contributed by atoms with E-state index in [1.807, 2.05) is 6.07 Å². The summed E-state index contributed by atoms with van der Waals surface area (Å²) in [6.45, 7) is 6.70. The van der Waals surface area contributed by atoms with E-state index in [2.05, 4.69) is 48.2 Å². The van der Waals surface area contributed by atoms with Crippen molar-refractivity contribution in [1.82, 2.24) is 9.97 Å². The maximum absolute atomic E-state index is 13.3. The first-order chi connectivity index (χ1) is 11.3. The summed E-state index contributed by atoms with van der Waals surface area (Å²) in [6.07, 6.45) is 1.52. The Bertz CT molecular complexity index is 893. The molecule has 3 rings (SSSR count). The summed E-state index contributed by atoms with van der Waals surface area (Å²) < 4.78 is 14.9. The van der Waals surface area contributed by atoms with Crippen LogP contribution >= 0.6 is 11.6 Å². The van der Waals surface area contributed by atoms with E-state index in [0.717, 1.165) is 10.9 Å². The Morgan fingerprint density at radius 3 is 2.58 bits per heavy atom. The third-order valence-electron chi connectivity index (χ3n) is 3.21. The van der Waals surface area contributed by atoms with Crippen LogP contribution < -0.4 is 9.78 Å². The number of halogens is 2. The van der Waals surface area contributed by atoms with Gasteiger partial charge in [-0.05, 0) is 0 Å². The van der Waals surface area contributed by atoms with E-state index >= 15 is 0 Å². The fourth-order valence-corrected chi connectivity index (χ4v) is 4.58. The summed E-state index contributed by atoms with van der Waals surface area (Å²) in [7, 11) is 0. The average molecular weight is 409 g/mol. The molecular formula is C18H17ClFN3Se. The first-order valence-electron chi connectivity index (χ1n) is 7.48. The van der Waals surface area contributed by atoms with Gasteiger partial charge in [-0.2, -0.15) is 0 Å². The summed E-state index contributed by atoms with van der Waals surface area (Å²) in [4.78, 5) is 8.66. The standard InChI is InChI=1S/C18H17ClFN3Se/c1-18(2,3)24-12-5-7-16-13(9-12)17(22-10-21-16)23-11-4-6-15(20)14(19)8-11/h4-10H,1-3H3,(H,21,22,23). The molecule has 0 saturated heterocycles. The van der Waals surface area contributed by atoms with Crippen LogP contribution in [-0.4, -0.2) is 24.9 Å². The van der Waals surface area contributed by atoms with Crippen molar-refractivity contribution in [2.75, 3.05) is 5.32 Å². The van der Waals surface area contributed by atoms with Crippen LogP contribution in [0.3, 0.4) is 0 Å². The number of hydrogen-bond donors (Lipinski definition) is 1. The van der Waals surface area contributed by atoms with Crippen LogP contribution in [-0.2, 0) is 0 Å². The predicted molar refractivity (Wildman–Crippen MR) is 99.3 cm³/mol. The second-order valence-corrected chi connectivity index (χ2v) is 10.8. The Morgan fingerprint density at radius 2 is 1.88 bits per heavy atom. The van der Waals surface area contributed by atoms with Gasteiger partial charge in [0.05, 0.1) is 0 Å². The van der Waals surface area contributed by atoms with Gasteiger partial charge in [-0.15, -0.1) is 0 Å². The number of anilines is 2. The zero-order valence-electron chi connectivity index (χ0n) is 13.6. The van der Waals surface area contributed by atoms with Gasteiger partial charge in [0.2, 0.25) is 0 Å². The molecule has 0 spiro atoms. The predicted octanol–water partition coefficient (Wildman–Crippen LogP) is 4.71. The van der Waals surface area contributed by atoms with E-state index in [1.165, 1.54) is 16.9 Å². The number of hydrogen-bond acceptors (Lipinski definition) is 3. The molecule has 1 aromatic heterocycles. The number of aromatic nitrogens is 2. The van der Waals surface area contributed by atoms with Gasteiger partial charge in [-0.3, -0.25) is 0 Å². The van der Waals surface area contributed by atoms with Crippen LogP contribution in [0.4, 0.5) is 15.9 Å². The number of rotatable bonds is 3. The van der Waals surface area contributed by atoms with E-state index in [4.69, 9.17) is 11.6 Å². The SMILES string of the molecule is CC(C)(C)[Se]c1ccc2ncnc(Nc3ccc(F)c(Cl)c3)c2c1. The maximum atomic E-state index is 13.3. The van der Waals surface area contributed by atoms with Crippen molar-refractivity contribution in [1.29, 1.82) is 0 Å². The molecule has 0 aliphatic carbocycles. The van der Waals surface area contributed by atoms with Crippen molar-refractivity contribution >= 4 is 53.4 Å². The molecule has 3 aromatic rings. The van der Waals surface area contributed by atoms with Crippen LogP contribution in [0, 0.1) is 5.82 Å². The molecule has 124 valence electrons. The van der Waals surface area contributed by atoms with Crippen LogP contribution in [0.15, 0.2) is 42.7 Å². The molecular weight excluding hydrogens is 392 g/mol. The monoisotopic (exact) mass is 409 g/mol. The molecule has 0 aliphatic heterocycles. The summed E-state index contributed by atoms with van der Waals surface area (Å²) >= 11 is 6.19. The Kier molecular flexibility index (Phi) is 4.77. The van der Waals surface area contributed by atoms with Gasteiger partial charge < -0.3 is 0 Å². The van der Waals surface area contributed by atoms with Crippen molar-refractivity contribution in [3.63, 3.8) is 0 Å². The van der Waals surface area contributed by atoms with Crippen LogP contribution in [0.5, 0.6) is 0 Å². The van der Waals surface area contributed by atoms with Gasteiger partial charge in [0.15, 0.2) is 0 Å². The molecule has 1 N–H and O–H groups in total. The molecule has 0 fully saturated rings. The van der Waals surface area contributed by atoms with Gasteiger partial charge in [0.25, 0.3) is 0 Å². The molecule has 0 aliphatic rings. The molecule has 0 radical (unpaired) electrons. The zero-order chi connectivity index (χ0) is 17.3. The number of fused-ring (bicyclic) bond motifs is 1. The van der Waals surface area contributed by atoms with E-state index in [1.54, 1.807) is 12.1 Å². The van der Waals surface area contributed by atoms with E-state index in [0.29, 0.717) is 26.5 Å². The Balaban J connectivity index is 2.00. The van der Waals surface area contributed by atoms with Gasteiger partial charge in [0.1, 0.15) is 0 Å². The van der Waals surface area contributed by atoms with Crippen molar-refractivity contribution in [3.05, 3.63) is 53.6 Å². The molecule has 2 aromatic carbocycles. The molecule has 0 saturated carbocycles. The second kappa shape index (κ2) is 6.67. The third-order valence-corrected chi connectivity index (χ3v) is 5.81. The minimum absolute atomic E-state index is 0.0788. The number of benzene rings is 2. The van der Waals surface area contributed by atoms with Gasteiger partial charge >= 0.3 is 152 Å². The van der Waals surface area contributed by atoms with E-state index in [-0.39, 0.29) is 9.34 Å². The Morgan fingerprint density at radius 1 is 1.08 bits per heavy atom. The van der Waals surface area contributed by atoms with E-state index < -0.39 is 5.82 Å². The van der Waals surface area contributed by atoms with E-state index in [9.17, 15) is 4.39 Å². The first kappa shape index (κ1) is 17.2. The molecule has 6 heteroatoms. The summed E-state index contributed by atoms with van der Waals surface area (Å²) in [5, 5.41) is 4.23. The quantitative estimate of drug-likeness (QED) is 0.638. The fraction of sp³-hybridized carbons (Fsp3) is 0.222. The van der Waals surface area contributed by atoms with Gasteiger partial charge in [0, 0.05) is 0 Å². The molecule has 3 nitrogen and oxygen atoms in total. The van der Waals surface area contributed by atoms with Crippen LogP contribution in [0.2, 0.25) is 9.34 Å². The van der Waals surface area contributed by atoms with Crippen LogP contribution in [0.25, 0.3) is 10.9 Å². The second-order valence-electron chi connectivity index (χ2n) is 6.37. The molecule has 0 atom stereocenters. The first-order valence-corrected chi connectivity index (χ1v) is 9.57. The normalized spacial score (nSPS) is 11.7. The Hall–Kier alpha value is -1.68. The number of nitrogens with one attached hydrogen (secondary N) is 1. The Labute approximate surface area is 151 Å². The van der Waals surface area contributed by atoms with Gasteiger partial charge in [-0.25, -0.2) is 0 Å². The molecule has 24 heavy (non-hydrogen) atoms. The fourth-order valence-electron chi connectivity index (χ4n) is 2.26. The van der Waals surface area contributed by atoms with Crippen molar-refractivity contribution in [2.45, 2.75) is 25.1 Å². The zero-order valence-corrected chi connectivity index (χ0v) is 16.1. The summed E-state index contributed by atoms with van der Waals surface area (Å²) in [6, 6.07) is 10.8. The summed E-state index contributed by atoms with van der Waals surface area (Å²) in [5.41, 5.74) is 1.56. The van der Waals surface area contributed by atoms with Crippen molar-refractivity contribution in [3.8, 4) is 0 Å². The third kappa shape index (κ3) is 4.04. The van der Waals surface area contributed by atoms with Crippen molar-refractivity contribution < 1.29 is 4.39 Å². The average Bonchev–Trinajstić information content (AvgIpc) is 2.50. The molecule has 0 bridgehead atoms. The summed E-state index contributed by atoms with van der Waals surface area (Å²) in [5.74, 6) is 0.249. The van der Waals surface area contributed by atoms with Crippen LogP contribution in [0.1, 0.15) is 20.8 Å². The number of nitrogens with zero attached hydrogens (tertiary/aromatic N) is 2. The molecule has 0 unspecified atom stereocenters.